The van der Waals surface area contributed by atoms with E-state index in [0.29, 0.717) is 11.9 Å². The van der Waals surface area contributed by atoms with E-state index in [-0.39, 0.29) is 0 Å². The number of rotatable bonds is 2. The normalized spacial score (nSPS) is 30.2. The molecule has 0 radical (unpaired) electrons. The number of guanidine groups is 1. The fourth-order valence-corrected chi connectivity index (χ4v) is 1.78. The van der Waals surface area contributed by atoms with Gasteiger partial charge in [0.1, 0.15) is 0 Å². The average molecular weight is 184 g/mol. The van der Waals surface area contributed by atoms with Crippen molar-refractivity contribution in [2.75, 3.05) is 6.54 Å². The Labute approximate surface area is 79.7 Å². The predicted molar refractivity (Wildman–Crippen MR) is 54.9 cm³/mol. The largest absolute Gasteiger partial charge is 0.369 e. The van der Waals surface area contributed by atoms with Crippen molar-refractivity contribution in [1.29, 1.82) is 0 Å². The van der Waals surface area contributed by atoms with Gasteiger partial charge in [0.25, 0.3) is 0 Å². The van der Waals surface area contributed by atoms with Gasteiger partial charge < -0.3 is 5.73 Å². The van der Waals surface area contributed by atoms with Crippen LogP contribution in [-0.4, -0.2) is 12.5 Å². The summed E-state index contributed by atoms with van der Waals surface area (Å²) in [6, 6.07) is 0. The van der Waals surface area contributed by atoms with Crippen LogP contribution < -0.4 is 17.0 Å². The average Bonchev–Trinajstić information content (AvgIpc) is 2.16. The van der Waals surface area contributed by atoms with E-state index in [1.54, 1.807) is 0 Å². The highest BCUT2D eigenvalue weighted by Gasteiger charge is 2.17. The molecule has 4 heteroatoms. The van der Waals surface area contributed by atoms with E-state index in [2.05, 4.69) is 17.3 Å². The van der Waals surface area contributed by atoms with E-state index in [1.165, 1.54) is 25.7 Å². The second kappa shape index (κ2) is 5.07. The van der Waals surface area contributed by atoms with Crippen molar-refractivity contribution in [2.24, 2.45) is 28.4 Å². The summed E-state index contributed by atoms with van der Waals surface area (Å²) in [5, 5.41) is 0. The Bertz CT molecular complexity index is 170. The zero-order valence-electron chi connectivity index (χ0n) is 8.29. The van der Waals surface area contributed by atoms with E-state index in [1.807, 2.05) is 0 Å². The zero-order chi connectivity index (χ0) is 9.68. The summed E-state index contributed by atoms with van der Waals surface area (Å²) in [6.45, 7) is 3.14. The standard InChI is InChI=1S/C9H20N4/c1-7-2-4-8(5-3-7)6-12-9(10)13-11/h7-8H,2-6,11H2,1H3,(H3,10,12,13). The number of nitrogens with zero attached hydrogens (tertiary/aromatic N) is 1. The third kappa shape index (κ3) is 3.63. The second-order valence-electron chi connectivity index (χ2n) is 4.00. The number of hydrogen-bond donors (Lipinski definition) is 3. The molecule has 0 bridgehead atoms. The molecule has 5 N–H and O–H groups in total. The lowest BCUT2D eigenvalue weighted by Gasteiger charge is -2.24. The molecule has 0 atom stereocenters. The van der Waals surface area contributed by atoms with Crippen molar-refractivity contribution < 1.29 is 0 Å². The van der Waals surface area contributed by atoms with Crippen molar-refractivity contribution in [1.82, 2.24) is 5.43 Å². The minimum Gasteiger partial charge on any atom is -0.369 e. The highest BCUT2D eigenvalue weighted by molar-refractivity contribution is 5.77. The van der Waals surface area contributed by atoms with E-state index in [4.69, 9.17) is 11.6 Å². The van der Waals surface area contributed by atoms with Crippen LogP contribution in [0.15, 0.2) is 4.99 Å². The predicted octanol–water partition coefficient (Wildman–Crippen LogP) is 0.591. The lowest BCUT2D eigenvalue weighted by molar-refractivity contribution is 0.296. The number of aliphatic imine (C=N–C) groups is 1. The molecule has 0 saturated heterocycles. The Balaban J connectivity index is 2.23. The second-order valence-corrected chi connectivity index (χ2v) is 4.00. The Kier molecular flexibility index (Phi) is 4.02. The van der Waals surface area contributed by atoms with Crippen LogP contribution in [0.1, 0.15) is 32.6 Å². The van der Waals surface area contributed by atoms with Gasteiger partial charge in [-0.1, -0.05) is 19.8 Å². The highest BCUT2D eigenvalue weighted by atomic mass is 15.3. The lowest BCUT2D eigenvalue weighted by Crippen LogP contribution is -2.37. The molecule has 0 aliphatic heterocycles. The van der Waals surface area contributed by atoms with Crippen LogP contribution in [0.3, 0.4) is 0 Å². The first-order valence-electron chi connectivity index (χ1n) is 4.99. The zero-order valence-corrected chi connectivity index (χ0v) is 8.29. The molecule has 0 amide bonds. The van der Waals surface area contributed by atoms with Gasteiger partial charge in [-0.05, 0) is 24.7 Å². The monoisotopic (exact) mass is 184 g/mol. The molecule has 1 saturated carbocycles. The Hall–Kier alpha value is -0.770. The molecular weight excluding hydrogens is 164 g/mol. The number of hydrogen-bond acceptors (Lipinski definition) is 2. The van der Waals surface area contributed by atoms with Crippen molar-refractivity contribution in [3.8, 4) is 0 Å². The summed E-state index contributed by atoms with van der Waals surface area (Å²) >= 11 is 0. The first-order chi connectivity index (χ1) is 6.22. The lowest BCUT2D eigenvalue weighted by atomic mass is 9.83. The Morgan fingerprint density at radius 2 is 2.00 bits per heavy atom. The van der Waals surface area contributed by atoms with Crippen molar-refractivity contribution in [2.45, 2.75) is 32.6 Å². The molecule has 0 aromatic carbocycles. The summed E-state index contributed by atoms with van der Waals surface area (Å²) < 4.78 is 0. The van der Waals surface area contributed by atoms with Gasteiger partial charge in [-0.25, -0.2) is 5.84 Å². The number of nitrogens with one attached hydrogen (secondary N) is 1. The quantitative estimate of drug-likeness (QED) is 0.254. The topological polar surface area (TPSA) is 76.4 Å². The third-order valence-corrected chi connectivity index (χ3v) is 2.80. The molecule has 0 aromatic heterocycles. The first-order valence-corrected chi connectivity index (χ1v) is 4.99. The van der Waals surface area contributed by atoms with Gasteiger partial charge in [-0.2, -0.15) is 0 Å². The SMILES string of the molecule is CC1CCC(CN=C(N)NN)CC1. The van der Waals surface area contributed by atoms with Gasteiger partial charge in [0, 0.05) is 6.54 Å². The summed E-state index contributed by atoms with van der Waals surface area (Å²) in [7, 11) is 0. The maximum absolute atomic E-state index is 5.43. The molecule has 13 heavy (non-hydrogen) atoms. The minimum absolute atomic E-state index is 0.346. The van der Waals surface area contributed by atoms with Crippen LogP contribution >= 0.6 is 0 Å². The fraction of sp³-hybridized carbons (Fsp3) is 0.889. The van der Waals surface area contributed by atoms with Gasteiger partial charge in [0.2, 0.25) is 5.96 Å². The Morgan fingerprint density at radius 1 is 1.38 bits per heavy atom. The maximum atomic E-state index is 5.43. The molecule has 0 spiro atoms. The summed E-state index contributed by atoms with van der Waals surface area (Å²) in [4.78, 5) is 4.15. The van der Waals surface area contributed by atoms with Crippen LogP contribution in [-0.2, 0) is 0 Å². The Morgan fingerprint density at radius 3 is 2.54 bits per heavy atom. The van der Waals surface area contributed by atoms with Crippen LogP contribution in [0, 0.1) is 11.8 Å². The molecule has 0 heterocycles. The van der Waals surface area contributed by atoms with E-state index >= 15 is 0 Å². The summed E-state index contributed by atoms with van der Waals surface area (Å²) in [6.07, 6.45) is 5.22. The molecule has 1 rings (SSSR count). The van der Waals surface area contributed by atoms with Crippen molar-refractivity contribution >= 4 is 5.96 Å². The summed E-state index contributed by atoms with van der Waals surface area (Å²) in [5.41, 5.74) is 7.77. The van der Waals surface area contributed by atoms with Gasteiger partial charge in [0.05, 0.1) is 0 Å². The van der Waals surface area contributed by atoms with E-state index in [0.717, 1.165) is 12.5 Å². The molecule has 0 aromatic rings. The van der Waals surface area contributed by atoms with Gasteiger partial charge in [0.15, 0.2) is 0 Å². The third-order valence-electron chi connectivity index (χ3n) is 2.80. The van der Waals surface area contributed by atoms with Crippen LogP contribution in [0.4, 0.5) is 0 Å². The highest BCUT2D eigenvalue weighted by Crippen LogP contribution is 2.28. The molecule has 76 valence electrons. The van der Waals surface area contributed by atoms with Gasteiger partial charge in [-0.15, -0.1) is 0 Å². The fourth-order valence-electron chi connectivity index (χ4n) is 1.78. The van der Waals surface area contributed by atoms with Crippen molar-refractivity contribution in [3.05, 3.63) is 0 Å². The number of hydrazine groups is 1. The van der Waals surface area contributed by atoms with Crippen LogP contribution in [0.2, 0.25) is 0 Å². The van der Waals surface area contributed by atoms with Crippen LogP contribution in [0.25, 0.3) is 0 Å². The van der Waals surface area contributed by atoms with Crippen LogP contribution in [0.5, 0.6) is 0 Å². The molecule has 4 nitrogen and oxygen atoms in total. The first kappa shape index (κ1) is 10.3. The molecular formula is C9H20N4. The van der Waals surface area contributed by atoms with Gasteiger partial charge in [-0.3, -0.25) is 10.4 Å². The molecule has 1 fully saturated rings. The minimum atomic E-state index is 0.346. The maximum Gasteiger partial charge on any atom is 0.203 e. The van der Waals surface area contributed by atoms with Crippen molar-refractivity contribution in [3.63, 3.8) is 0 Å². The van der Waals surface area contributed by atoms with E-state index in [9.17, 15) is 0 Å². The summed E-state index contributed by atoms with van der Waals surface area (Å²) in [5.74, 6) is 7.05. The molecule has 0 unspecified atom stereocenters. The smallest absolute Gasteiger partial charge is 0.203 e. The number of nitrogens with two attached hydrogens (primary N) is 2. The molecule has 1 aliphatic carbocycles. The van der Waals surface area contributed by atoms with Gasteiger partial charge >= 0.3 is 0 Å². The van der Waals surface area contributed by atoms with E-state index < -0.39 is 0 Å². The molecule has 1 aliphatic rings.